The maximum atomic E-state index is 11.8. The van der Waals surface area contributed by atoms with Crippen LogP contribution in [0.4, 0.5) is 0 Å². The number of nitrogens with one attached hydrogen (secondary N) is 1. The van der Waals surface area contributed by atoms with Crippen molar-refractivity contribution in [2.75, 3.05) is 6.61 Å². The number of H-pyrrole nitrogens is 1. The molecule has 0 spiro atoms. The Labute approximate surface area is 269 Å². The standard InChI is InChI=1S/C24H39BN6O.C8H14N2.Co/c1-16-12-19(22(4,5)6)26-29(16)25(30-17(2)13-20(27-30)23(7,8)9)31-18(3)14-21(28-31)24(10,11)15-32;1-6-5-7(10-9-6)8(2,3)4;/h12-14,25H,15H2,1-11H3;5H,1-4H3,(H,9,10);/q-2;;+2. The zero-order valence-corrected chi connectivity index (χ0v) is 30.1. The summed E-state index contributed by atoms with van der Waals surface area (Å²) in [5.41, 5.74) is 7.82. The van der Waals surface area contributed by atoms with Crippen molar-refractivity contribution in [3.63, 3.8) is 0 Å². The minimum atomic E-state index is -1.53. The van der Waals surface area contributed by atoms with E-state index in [1.54, 1.807) is 0 Å². The molecular weight excluding hydrogens is 582 g/mol. The molecule has 0 aromatic carbocycles. The summed E-state index contributed by atoms with van der Waals surface area (Å²) in [6.07, 6.45) is 0. The van der Waals surface area contributed by atoms with Crippen LogP contribution in [0.3, 0.4) is 0 Å². The van der Waals surface area contributed by atoms with Crippen LogP contribution in [-0.2, 0) is 38.4 Å². The van der Waals surface area contributed by atoms with Crippen LogP contribution in [0.2, 0.25) is 0 Å². The molecule has 11 heteroatoms. The van der Waals surface area contributed by atoms with Gasteiger partial charge in [0, 0.05) is 21.9 Å². The molecule has 0 fully saturated rings. The third-order valence-corrected chi connectivity index (χ3v) is 7.85. The SMILES string of the molecule is Cc1cc(C(C)(C)C)[nH]n1.Cc1cc(C(C)(C)C)nn1[BH-](n1nc(C(C)(C)C)cc1C)n1nc(C(C)(C)C[O-])cc1C.[Co+2]. The van der Waals surface area contributed by atoms with Crippen LogP contribution >= 0.6 is 0 Å². The Bertz CT molecular complexity index is 1450. The van der Waals surface area contributed by atoms with E-state index in [0.29, 0.717) is 0 Å². The second kappa shape index (κ2) is 12.8. The Morgan fingerprint density at radius 1 is 0.628 bits per heavy atom. The van der Waals surface area contributed by atoms with Crippen molar-refractivity contribution < 1.29 is 21.9 Å². The van der Waals surface area contributed by atoms with Gasteiger partial charge < -0.3 is 18.9 Å². The van der Waals surface area contributed by atoms with Gasteiger partial charge in [0.2, 0.25) is 0 Å². The van der Waals surface area contributed by atoms with Crippen LogP contribution in [0.5, 0.6) is 0 Å². The Kier molecular flexibility index (Phi) is 10.9. The fourth-order valence-electron chi connectivity index (χ4n) is 4.71. The van der Waals surface area contributed by atoms with E-state index < -0.39 is 12.5 Å². The molecule has 0 saturated heterocycles. The van der Waals surface area contributed by atoms with Crippen molar-refractivity contribution in [3.05, 3.63) is 69.8 Å². The van der Waals surface area contributed by atoms with Gasteiger partial charge in [-0.05, 0) is 74.5 Å². The van der Waals surface area contributed by atoms with Crippen molar-refractivity contribution in [3.8, 4) is 0 Å². The van der Waals surface area contributed by atoms with Crippen molar-refractivity contribution in [2.45, 2.75) is 126 Å². The quantitative estimate of drug-likeness (QED) is 0.307. The zero-order valence-electron chi connectivity index (χ0n) is 29.1. The van der Waals surface area contributed by atoms with Crippen molar-refractivity contribution in [1.29, 1.82) is 0 Å². The molecule has 4 rings (SSSR count). The van der Waals surface area contributed by atoms with Crippen LogP contribution in [0.1, 0.15) is 122 Å². The first-order chi connectivity index (χ1) is 19.1. The van der Waals surface area contributed by atoms with Crippen molar-refractivity contribution >= 4 is 7.12 Å². The molecule has 0 unspecified atom stereocenters. The van der Waals surface area contributed by atoms with E-state index in [4.69, 9.17) is 15.3 Å². The van der Waals surface area contributed by atoms with Gasteiger partial charge in [-0.3, -0.25) is 5.10 Å². The summed E-state index contributed by atoms with van der Waals surface area (Å²) < 4.78 is 6.20. The molecule has 0 aliphatic heterocycles. The number of nitrogens with zero attached hydrogens (tertiary/aromatic N) is 7. The third-order valence-electron chi connectivity index (χ3n) is 7.85. The average Bonchev–Trinajstić information content (AvgIpc) is 3.62. The monoisotopic (exact) mass is 635 g/mol. The first-order valence-electron chi connectivity index (χ1n) is 15.0. The van der Waals surface area contributed by atoms with Gasteiger partial charge in [0.1, 0.15) is 0 Å². The Hall–Kier alpha value is -2.63. The van der Waals surface area contributed by atoms with Crippen molar-refractivity contribution in [1.82, 2.24) is 39.3 Å². The molecular formula is C32H53BCoN8O. The van der Waals surface area contributed by atoms with Gasteiger partial charge in [-0.15, -0.1) is 6.61 Å². The second-order valence-corrected chi connectivity index (χ2v) is 15.6. The molecule has 0 aliphatic rings. The van der Waals surface area contributed by atoms with Crippen LogP contribution < -0.4 is 5.11 Å². The van der Waals surface area contributed by atoms with E-state index >= 15 is 0 Å². The molecule has 0 bridgehead atoms. The molecule has 4 aromatic heterocycles. The minimum Gasteiger partial charge on any atom is -0.854 e. The molecule has 4 heterocycles. The maximum Gasteiger partial charge on any atom is 2.00 e. The minimum absolute atomic E-state index is 0. The van der Waals surface area contributed by atoms with E-state index in [2.05, 4.69) is 114 Å². The molecule has 9 nitrogen and oxygen atoms in total. The zero-order chi connectivity index (χ0) is 32.0. The number of aryl methyl sites for hydroxylation is 4. The predicted octanol–water partition coefficient (Wildman–Crippen LogP) is 5.11. The van der Waals surface area contributed by atoms with Crippen LogP contribution in [0.15, 0.2) is 24.3 Å². The van der Waals surface area contributed by atoms with Crippen LogP contribution in [0.25, 0.3) is 0 Å². The van der Waals surface area contributed by atoms with E-state index in [1.165, 1.54) is 5.69 Å². The number of hydrogen-bond donors (Lipinski definition) is 1. The average molecular weight is 636 g/mol. The Morgan fingerprint density at radius 2 is 1.00 bits per heavy atom. The van der Waals surface area contributed by atoms with Gasteiger partial charge in [-0.25, -0.2) is 15.3 Å². The van der Waals surface area contributed by atoms with Gasteiger partial charge in [0.25, 0.3) is 0 Å². The maximum absolute atomic E-state index is 11.8. The third kappa shape index (κ3) is 8.30. The summed E-state index contributed by atoms with van der Waals surface area (Å²) in [6.45, 7) is 31.5. The fourth-order valence-corrected chi connectivity index (χ4v) is 4.71. The largest absolute Gasteiger partial charge is 2.00 e. The van der Waals surface area contributed by atoms with Gasteiger partial charge in [-0.2, -0.15) is 5.10 Å². The van der Waals surface area contributed by atoms with Gasteiger partial charge in [0.05, 0.1) is 22.8 Å². The van der Waals surface area contributed by atoms with Gasteiger partial charge in [-0.1, -0.05) is 76.2 Å². The molecule has 1 radical (unpaired) electrons. The van der Waals surface area contributed by atoms with Gasteiger partial charge >= 0.3 is 23.9 Å². The van der Waals surface area contributed by atoms with Crippen LogP contribution in [-0.4, -0.2) is 53.0 Å². The molecule has 0 amide bonds. The molecule has 1 N–H and O–H groups in total. The number of aromatic amines is 1. The molecule has 4 aromatic rings. The first-order valence-corrected chi connectivity index (χ1v) is 15.0. The fraction of sp³-hybridized carbons (Fsp3) is 0.625. The molecule has 239 valence electrons. The summed E-state index contributed by atoms with van der Waals surface area (Å²) in [6, 6.07) is 8.43. The normalized spacial score (nSPS) is 12.8. The van der Waals surface area contributed by atoms with Crippen LogP contribution in [0, 0.1) is 27.7 Å². The molecule has 0 atom stereocenters. The van der Waals surface area contributed by atoms with E-state index in [9.17, 15) is 5.11 Å². The molecule has 0 saturated carbocycles. The number of rotatable bonds is 5. The van der Waals surface area contributed by atoms with E-state index in [-0.39, 0.29) is 39.6 Å². The van der Waals surface area contributed by atoms with E-state index in [0.717, 1.165) is 39.9 Å². The van der Waals surface area contributed by atoms with Crippen molar-refractivity contribution in [2.24, 2.45) is 0 Å². The molecule has 0 aliphatic carbocycles. The summed E-state index contributed by atoms with van der Waals surface area (Å²) in [5, 5.41) is 34.0. The topological polar surface area (TPSA) is 105 Å². The number of aromatic nitrogens is 8. The summed E-state index contributed by atoms with van der Waals surface area (Å²) in [5.74, 6) is 0. The predicted molar refractivity (Wildman–Crippen MR) is 172 cm³/mol. The second-order valence-electron chi connectivity index (χ2n) is 15.6. The first kappa shape index (κ1) is 36.6. The molecule has 43 heavy (non-hydrogen) atoms. The number of hydrogen-bond acceptors (Lipinski definition) is 5. The summed E-state index contributed by atoms with van der Waals surface area (Å²) in [4.78, 5) is 0. The Morgan fingerprint density at radius 3 is 1.26 bits per heavy atom. The van der Waals surface area contributed by atoms with E-state index in [1.807, 2.05) is 38.4 Å². The van der Waals surface area contributed by atoms with Gasteiger partial charge in [0.15, 0.2) is 0 Å². The smallest absolute Gasteiger partial charge is 0.854 e. The Balaban J connectivity index is 0.000000498. The summed E-state index contributed by atoms with van der Waals surface area (Å²) >= 11 is 0. The summed E-state index contributed by atoms with van der Waals surface area (Å²) in [7, 11) is -1.53.